The van der Waals surface area contributed by atoms with Gasteiger partial charge in [0.05, 0.1) is 17.6 Å². The van der Waals surface area contributed by atoms with Crippen LogP contribution in [0.4, 0.5) is 14.9 Å². The highest BCUT2D eigenvalue weighted by atomic mass is 35.5. The highest BCUT2D eigenvalue weighted by Crippen LogP contribution is 2.19. The maximum atomic E-state index is 13.5. The summed E-state index contributed by atoms with van der Waals surface area (Å²) in [6.07, 6.45) is 1.25. The highest BCUT2D eigenvalue weighted by molar-refractivity contribution is 6.02. The average molecular weight is 374 g/mol. The molecule has 138 valence electrons. The fraction of sp³-hybridized carbons (Fsp3) is 0.438. The first-order valence-electron chi connectivity index (χ1n) is 7.71. The molecule has 0 saturated carbocycles. The van der Waals surface area contributed by atoms with Gasteiger partial charge in [0.25, 0.3) is 0 Å². The number of nitrogens with one attached hydrogen (secondary N) is 2. The van der Waals surface area contributed by atoms with Crippen LogP contribution in [0.5, 0.6) is 0 Å². The second-order valence-electron chi connectivity index (χ2n) is 5.77. The molecular weight excluding hydrogens is 353 g/mol. The van der Waals surface area contributed by atoms with Crippen LogP contribution >= 0.6 is 12.4 Å². The summed E-state index contributed by atoms with van der Waals surface area (Å²) in [5.41, 5.74) is -0.0284. The van der Waals surface area contributed by atoms with Gasteiger partial charge in [-0.25, -0.2) is 9.18 Å². The van der Waals surface area contributed by atoms with Crippen molar-refractivity contribution in [3.63, 3.8) is 0 Å². The number of carbonyl (C=O) groups excluding carboxylic acids is 2. The number of urea groups is 1. The largest absolute Gasteiger partial charge is 0.481 e. The van der Waals surface area contributed by atoms with Crippen molar-refractivity contribution in [3.8, 4) is 0 Å². The van der Waals surface area contributed by atoms with Gasteiger partial charge in [-0.05, 0) is 38.4 Å². The fourth-order valence-electron chi connectivity index (χ4n) is 2.66. The highest BCUT2D eigenvalue weighted by Gasteiger charge is 2.31. The van der Waals surface area contributed by atoms with Crippen LogP contribution in [0.2, 0.25) is 0 Å². The third kappa shape index (κ3) is 5.68. The fourth-order valence-corrected chi connectivity index (χ4v) is 2.66. The zero-order valence-corrected chi connectivity index (χ0v) is 14.5. The van der Waals surface area contributed by atoms with Crippen LogP contribution in [-0.2, 0) is 9.59 Å². The van der Waals surface area contributed by atoms with Gasteiger partial charge in [-0.1, -0.05) is 12.1 Å². The summed E-state index contributed by atoms with van der Waals surface area (Å²) >= 11 is 0. The summed E-state index contributed by atoms with van der Waals surface area (Å²) in [7, 11) is 0. The van der Waals surface area contributed by atoms with Gasteiger partial charge in [0.15, 0.2) is 0 Å². The Kier molecular flexibility index (Phi) is 7.79. The number of hydrogen-bond donors (Lipinski definition) is 3. The molecule has 0 bridgehead atoms. The van der Waals surface area contributed by atoms with Crippen LogP contribution in [0, 0.1) is 11.7 Å². The molecule has 25 heavy (non-hydrogen) atoms. The minimum absolute atomic E-state index is 0. The van der Waals surface area contributed by atoms with Crippen LogP contribution < -0.4 is 10.6 Å². The molecule has 1 aromatic carbocycles. The second kappa shape index (κ2) is 9.33. The first kappa shape index (κ1) is 20.9. The first-order chi connectivity index (χ1) is 11.4. The van der Waals surface area contributed by atoms with Gasteiger partial charge in [0, 0.05) is 6.54 Å². The quantitative estimate of drug-likeness (QED) is 0.750. The number of carboxylic acid groups (broad SMARTS) is 1. The van der Waals surface area contributed by atoms with Crippen molar-refractivity contribution in [3.05, 3.63) is 30.1 Å². The number of amides is 3. The number of benzene rings is 1. The Hall–Kier alpha value is -2.19. The van der Waals surface area contributed by atoms with Gasteiger partial charge in [-0.15, -0.1) is 12.4 Å². The average Bonchev–Trinajstić information content (AvgIpc) is 2.56. The molecule has 0 spiro atoms. The zero-order chi connectivity index (χ0) is 17.7. The number of imide groups is 1. The molecule has 1 fully saturated rings. The van der Waals surface area contributed by atoms with Crippen molar-refractivity contribution in [1.29, 1.82) is 0 Å². The Morgan fingerprint density at radius 1 is 1.32 bits per heavy atom. The van der Waals surface area contributed by atoms with Crippen molar-refractivity contribution in [1.82, 2.24) is 10.2 Å². The lowest BCUT2D eigenvalue weighted by atomic mass is 9.97. The standard InChI is InChI=1S/C16H20FN3O4.ClH/c1-10(20-8-4-5-11(9-20)15(22)23)14(21)19-16(24)18-13-7-3-2-6-12(13)17;/h2-3,6-7,10-11H,4-5,8-9H2,1H3,(H,22,23)(H2,18,19,21,24);1H. The van der Waals surface area contributed by atoms with Gasteiger partial charge in [0.2, 0.25) is 5.91 Å². The number of hydrogen-bond acceptors (Lipinski definition) is 4. The van der Waals surface area contributed by atoms with E-state index in [1.54, 1.807) is 17.9 Å². The van der Waals surface area contributed by atoms with Crippen LogP contribution in [0.3, 0.4) is 0 Å². The Morgan fingerprint density at radius 2 is 2.00 bits per heavy atom. The molecule has 3 N–H and O–H groups in total. The Labute approximate surface area is 151 Å². The van der Waals surface area contributed by atoms with Crippen molar-refractivity contribution in [2.24, 2.45) is 5.92 Å². The van der Waals surface area contributed by atoms with Gasteiger partial charge in [-0.3, -0.25) is 19.8 Å². The predicted octanol–water partition coefficient (Wildman–Crippen LogP) is 2.08. The number of halogens is 2. The number of nitrogens with zero attached hydrogens (tertiary/aromatic N) is 1. The number of rotatable bonds is 4. The summed E-state index contributed by atoms with van der Waals surface area (Å²) in [4.78, 5) is 36.8. The first-order valence-corrected chi connectivity index (χ1v) is 7.71. The van der Waals surface area contributed by atoms with Crippen molar-refractivity contribution in [2.75, 3.05) is 18.4 Å². The molecular formula is C16H21ClFN3O4. The van der Waals surface area contributed by atoms with E-state index in [0.29, 0.717) is 19.4 Å². The Balaban J connectivity index is 0.00000312. The summed E-state index contributed by atoms with van der Waals surface area (Å²) in [5.74, 6) is -2.56. The molecule has 1 aromatic rings. The molecule has 1 saturated heterocycles. The molecule has 0 aliphatic carbocycles. The summed E-state index contributed by atoms with van der Waals surface area (Å²) in [5, 5.41) is 13.5. The van der Waals surface area contributed by atoms with E-state index in [1.807, 2.05) is 0 Å². The van der Waals surface area contributed by atoms with E-state index in [4.69, 9.17) is 5.11 Å². The summed E-state index contributed by atoms with van der Waals surface area (Å²) in [6.45, 7) is 2.46. The molecule has 3 amide bonds. The van der Waals surface area contributed by atoms with E-state index < -0.39 is 35.7 Å². The zero-order valence-electron chi connectivity index (χ0n) is 13.7. The monoisotopic (exact) mass is 373 g/mol. The Bertz CT molecular complexity index is 644. The number of likely N-dealkylation sites (tertiary alicyclic amines) is 1. The number of carboxylic acids is 1. The predicted molar refractivity (Wildman–Crippen MR) is 92.2 cm³/mol. The van der Waals surface area contributed by atoms with Crippen molar-refractivity contribution >= 4 is 36.0 Å². The normalized spacial score (nSPS) is 18.6. The molecule has 7 nitrogen and oxygen atoms in total. The SMILES string of the molecule is CC(C(=O)NC(=O)Nc1ccccc1F)N1CCCC(C(=O)O)C1.Cl. The van der Waals surface area contributed by atoms with E-state index in [1.165, 1.54) is 18.2 Å². The maximum absolute atomic E-state index is 13.5. The van der Waals surface area contributed by atoms with Crippen molar-refractivity contribution in [2.45, 2.75) is 25.8 Å². The van der Waals surface area contributed by atoms with Crippen molar-refractivity contribution < 1.29 is 23.9 Å². The van der Waals surface area contributed by atoms with E-state index in [9.17, 15) is 18.8 Å². The van der Waals surface area contributed by atoms with Crippen LogP contribution in [0.1, 0.15) is 19.8 Å². The van der Waals surface area contributed by atoms with Gasteiger partial charge < -0.3 is 10.4 Å². The Morgan fingerprint density at radius 3 is 2.64 bits per heavy atom. The molecule has 2 atom stereocenters. The smallest absolute Gasteiger partial charge is 0.326 e. The molecule has 1 aliphatic heterocycles. The molecule has 0 aromatic heterocycles. The second-order valence-corrected chi connectivity index (χ2v) is 5.77. The molecule has 9 heteroatoms. The number of piperidine rings is 1. The number of anilines is 1. The lowest BCUT2D eigenvalue weighted by molar-refractivity contribution is -0.144. The van der Waals surface area contributed by atoms with Crippen LogP contribution in [0.15, 0.2) is 24.3 Å². The van der Waals surface area contributed by atoms with E-state index in [-0.39, 0.29) is 24.6 Å². The molecule has 1 heterocycles. The van der Waals surface area contributed by atoms with E-state index >= 15 is 0 Å². The minimum atomic E-state index is -0.885. The van der Waals surface area contributed by atoms with E-state index in [2.05, 4.69) is 10.6 Å². The third-order valence-electron chi connectivity index (χ3n) is 4.09. The summed E-state index contributed by atoms with van der Waals surface area (Å²) in [6, 6.07) is 4.14. The minimum Gasteiger partial charge on any atom is -0.481 e. The van der Waals surface area contributed by atoms with Crippen LogP contribution in [0.25, 0.3) is 0 Å². The number of aliphatic carboxylic acids is 1. The molecule has 2 unspecified atom stereocenters. The summed E-state index contributed by atoms with van der Waals surface area (Å²) < 4.78 is 13.5. The lowest BCUT2D eigenvalue weighted by Gasteiger charge is -2.34. The van der Waals surface area contributed by atoms with Gasteiger partial charge >= 0.3 is 12.0 Å². The third-order valence-corrected chi connectivity index (χ3v) is 4.09. The lowest BCUT2D eigenvalue weighted by Crippen LogP contribution is -2.51. The molecule has 2 rings (SSSR count). The van der Waals surface area contributed by atoms with E-state index in [0.717, 1.165) is 0 Å². The molecule has 0 radical (unpaired) electrons. The van der Waals surface area contributed by atoms with Crippen LogP contribution in [-0.4, -0.2) is 47.0 Å². The number of para-hydroxylation sites is 1. The van der Waals surface area contributed by atoms with Gasteiger partial charge in [-0.2, -0.15) is 0 Å². The van der Waals surface area contributed by atoms with Gasteiger partial charge in [0.1, 0.15) is 5.82 Å². The molecule has 1 aliphatic rings. The maximum Gasteiger partial charge on any atom is 0.326 e. The number of carbonyl (C=O) groups is 3. The topological polar surface area (TPSA) is 98.7 Å².